The minimum Gasteiger partial charge on any atom is -0.504 e. The number of phenols is 1. The molecule has 1 aliphatic carbocycles. The first-order chi connectivity index (χ1) is 10.1. The van der Waals surface area contributed by atoms with Gasteiger partial charge in [0.2, 0.25) is 0 Å². The van der Waals surface area contributed by atoms with Crippen LogP contribution in [0.25, 0.3) is 11.4 Å². The number of aromatic nitrogens is 2. The van der Waals surface area contributed by atoms with Crippen molar-refractivity contribution in [3.05, 3.63) is 28.4 Å². The van der Waals surface area contributed by atoms with Gasteiger partial charge < -0.3 is 15.2 Å². The molecule has 0 spiro atoms. The maximum absolute atomic E-state index is 9.69. The third kappa shape index (κ3) is 2.68. The molecule has 6 heteroatoms. The highest BCUT2D eigenvalue weighted by Gasteiger charge is 2.29. The fraction of sp³-hybridized carbons (Fsp3) is 0.333. The van der Waals surface area contributed by atoms with Gasteiger partial charge in [0.25, 0.3) is 0 Å². The molecule has 110 valence electrons. The van der Waals surface area contributed by atoms with Gasteiger partial charge in [0.1, 0.15) is 5.82 Å². The summed E-state index contributed by atoms with van der Waals surface area (Å²) in [6.07, 6.45) is 2.33. The van der Waals surface area contributed by atoms with Gasteiger partial charge in [0, 0.05) is 18.5 Å². The van der Waals surface area contributed by atoms with E-state index in [0.717, 1.165) is 34.4 Å². The monoisotopic (exact) mass is 349 g/mol. The fourth-order valence-corrected chi connectivity index (χ4v) is 2.90. The van der Waals surface area contributed by atoms with Crippen molar-refractivity contribution in [2.45, 2.75) is 18.8 Å². The maximum Gasteiger partial charge on any atom is 0.161 e. The molecule has 1 saturated carbocycles. The number of anilines is 1. The minimum atomic E-state index is 0.106. The first-order valence-corrected chi connectivity index (χ1v) is 7.56. The van der Waals surface area contributed by atoms with Crippen LogP contribution in [0.2, 0.25) is 0 Å². The van der Waals surface area contributed by atoms with E-state index < -0.39 is 0 Å². The van der Waals surface area contributed by atoms with E-state index in [1.165, 1.54) is 7.11 Å². The molecule has 0 saturated heterocycles. The third-order valence-electron chi connectivity index (χ3n) is 3.52. The van der Waals surface area contributed by atoms with E-state index in [2.05, 4.69) is 31.2 Å². The van der Waals surface area contributed by atoms with Crippen LogP contribution in [0, 0.1) is 0 Å². The quantitative estimate of drug-likeness (QED) is 0.883. The van der Waals surface area contributed by atoms with Crippen LogP contribution in [0.1, 0.15) is 24.5 Å². The summed E-state index contributed by atoms with van der Waals surface area (Å²) in [5.74, 6) is 2.43. The Balaban J connectivity index is 2.11. The number of nitrogens with zero attached hydrogens (tertiary/aromatic N) is 2. The Bertz CT molecular complexity index is 687. The zero-order valence-corrected chi connectivity index (χ0v) is 13.4. The molecule has 0 aliphatic heterocycles. The summed E-state index contributed by atoms with van der Waals surface area (Å²) in [6, 6.07) is 5.13. The van der Waals surface area contributed by atoms with Crippen LogP contribution in [0.5, 0.6) is 11.5 Å². The van der Waals surface area contributed by atoms with Crippen molar-refractivity contribution in [1.82, 2.24) is 9.97 Å². The average molecular weight is 350 g/mol. The normalized spacial score (nSPS) is 14.0. The molecule has 5 nitrogen and oxygen atoms in total. The van der Waals surface area contributed by atoms with E-state index in [-0.39, 0.29) is 5.75 Å². The molecule has 2 N–H and O–H groups in total. The van der Waals surface area contributed by atoms with Gasteiger partial charge in [0.05, 0.1) is 17.3 Å². The number of aromatic hydroxyl groups is 1. The summed E-state index contributed by atoms with van der Waals surface area (Å²) in [4.78, 5) is 9.21. The molecule has 3 rings (SSSR count). The maximum atomic E-state index is 9.69. The van der Waals surface area contributed by atoms with E-state index in [4.69, 9.17) is 4.74 Å². The number of nitrogens with one attached hydrogen (secondary N) is 1. The SMILES string of the molecule is CNc1nc(-c2ccc(O)c(OC)c2)nc(C2CC2)c1Br. The summed E-state index contributed by atoms with van der Waals surface area (Å²) < 4.78 is 6.08. The van der Waals surface area contributed by atoms with Crippen LogP contribution in [0.15, 0.2) is 22.7 Å². The van der Waals surface area contributed by atoms with Gasteiger partial charge >= 0.3 is 0 Å². The summed E-state index contributed by atoms with van der Waals surface area (Å²) in [5.41, 5.74) is 1.85. The molecule has 0 bridgehead atoms. The zero-order valence-electron chi connectivity index (χ0n) is 11.9. The highest BCUT2D eigenvalue weighted by atomic mass is 79.9. The van der Waals surface area contributed by atoms with E-state index in [1.54, 1.807) is 18.2 Å². The molecule has 1 fully saturated rings. The number of ether oxygens (including phenoxy) is 1. The van der Waals surface area contributed by atoms with Crippen molar-refractivity contribution >= 4 is 21.7 Å². The van der Waals surface area contributed by atoms with Crippen LogP contribution in [-0.4, -0.2) is 29.2 Å². The Morgan fingerprint density at radius 3 is 2.71 bits per heavy atom. The summed E-state index contributed by atoms with van der Waals surface area (Å²) >= 11 is 3.58. The van der Waals surface area contributed by atoms with E-state index >= 15 is 0 Å². The first kappa shape index (κ1) is 14.1. The molecule has 1 aromatic carbocycles. The van der Waals surface area contributed by atoms with Crippen LogP contribution >= 0.6 is 15.9 Å². The molecule has 0 radical (unpaired) electrons. The van der Waals surface area contributed by atoms with Gasteiger partial charge in [-0.2, -0.15) is 0 Å². The molecule has 0 unspecified atom stereocenters. The van der Waals surface area contributed by atoms with Crippen molar-refractivity contribution in [3.63, 3.8) is 0 Å². The van der Waals surface area contributed by atoms with E-state index in [9.17, 15) is 5.11 Å². The molecule has 0 amide bonds. The number of benzene rings is 1. The van der Waals surface area contributed by atoms with Gasteiger partial charge in [-0.05, 0) is 47.0 Å². The molecule has 1 heterocycles. The molecule has 1 aromatic heterocycles. The lowest BCUT2D eigenvalue weighted by Crippen LogP contribution is -2.02. The van der Waals surface area contributed by atoms with Crippen LogP contribution in [-0.2, 0) is 0 Å². The Hall–Kier alpha value is -1.82. The van der Waals surface area contributed by atoms with Crippen molar-refractivity contribution in [3.8, 4) is 22.9 Å². The van der Waals surface area contributed by atoms with Crippen LogP contribution < -0.4 is 10.1 Å². The predicted octanol–water partition coefficient (Wildman–Crippen LogP) is 3.54. The molecular formula is C15H16BrN3O2. The Labute approximate surface area is 131 Å². The number of methoxy groups -OCH3 is 1. The summed E-state index contributed by atoms with van der Waals surface area (Å²) in [7, 11) is 3.36. The lowest BCUT2D eigenvalue weighted by atomic mass is 10.1. The highest BCUT2D eigenvalue weighted by molar-refractivity contribution is 9.10. The lowest BCUT2D eigenvalue weighted by molar-refractivity contribution is 0.373. The second-order valence-corrected chi connectivity index (χ2v) is 5.80. The smallest absolute Gasteiger partial charge is 0.161 e. The number of hydrogen-bond acceptors (Lipinski definition) is 5. The summed E-state index contributed by atoms with van der Waals surface area (Å²) in [5, 5.41) is 12.8. The number of halogens is 1. The van der Waals surface area contributed by atoms with Crippen LogP contribution in [0.3, 0.4) is 0 Å². The second kappa shape index (κ2) is 5.52. The lowest BCUT2D eigenvalue weighted by Gasteiger charge is -2.11. The van der Waals surface area contributed by atoms with Gasteiger partial charge in [-0.3, -0.25) is 0 Å². The van der Waals surface area contributed by atoms with Gasteiger partial charge in [-0.1, -0.05) is 0 Å². The standard InChI is InChI=1S/C15H16BrN3O2/c1-17-15-12(16)13(8-3-4-8)18-14(19-15)9-5-6-10(20)11(7-9)21-2/h5-8,20H,3-4H2,1-2H3,(H,17,18,19). The number of phenolic OH excluding ortho intramolecular Hbond substituents is 1. The van der Waals surface area contributed by atoms with Crippen molar-refractivity contribution < 1.29 is 9.84 Å². The fourth-order valence-electron chi connectivity index (χ4n) is 2.20. The largest absolute Gasteiger partial charge is 0.504 e. The van der Waals surface area contributed by atoms with Crippen LogP contribution in [0.4, 0.5) is 5.82 Å². The Morgan fingerprint density at radius 1 is 1.33 bits per heavy atom. The van der Waals surface area contributed by atoms with Gasteiger partial charge in [-0.25, -0.2) is 9.97 Å². The number of rotatable bonds is 4. The number of hydrogen-bond donors (Lipinski definition) is 2. The molecule has 1 aliphatic rings. The molecule has 0 atom stereocenters. The van der Waals surface area contributed by atoms with E-state index in [0.29, 0.717) is 17.5 Å². The second-order valence-electron chi connectivity index (χ2n) is 5.01. The van der Waals surface area contributed by atoms with Crippen molar-refractivity contribution in [2.24, 2.45) is 0 Å². The molecular weight excluding hydrogens is 334 g/mol. The minimum absolute atomic E-state index is 0.106. The zero-order chi connectivity index (χ0) is 15.0. The molecule has 2 aromatic rings. The summed E-state index contributed by atoms with van der Waals surface area (Å²) in [6.45, 7) is 0. The Morgan fingerprint density at radius 2 is 2.10 bits per heavy atom. The topological polar surface area (TPSA) is 67.3 Å². The van der Waals surface area contributed by atoms with E-state index in [1.807, 2.05) is 7.05 Å². The first-order valence-electron chi connectivity index (χ1n) is 6.76. The van der Waals surface area contributed by atoms with Gasteiger partial charge in [0.15, 0.2) is 17.3 Å². The predicted molar refractivity (Wildman–Crippen MR) is 84.9 cm³/mol. The highest BCUT2D eigenvalue weighted by Crippen LogP contribution is 2.44. The average Bonchev–Trinajstić information content (AvgIpc) is 3.33. The van der Waals surface area contributed by atoms with Crippen molar-refractivity contribution in [1.29, 1.82) is 0 Å². The molecule has 21 heavy (non-hydrogen) atoms. The third-order valence-corrected chi connectivity index (χ3v) is 4.30. The van der Waals surface area contributed by atoms with Crippen molar-refractivity contribution in [2.75, 3.05) is 19.5 Å². The Kier molecular flexibility index (Phi) is 3.71. The van der Waals surface area contributed by atoms with Gasteiger partial charge in [-0.15, -0.1) is 0 Å².